The fourth-order valence-electron chi connectivity index (χ4n) is 5.97. The third kappa shape index (κ3) is 45.0. The zero-order chi connectivity index (χ0) is 42.7. The number of hydrogen-bond donors (Lipinski definition) is 1. The number of phosphoric ester groups is 1. The second kappa shape index (κ2) is 41.7. The van der Waals surface area contributed by atoms with Gasteiger partial charge in [-0.2, -0.15) is 0 Å². The maximum Gasteiger partial charge on any atom is 0.472 e. The molecule has 0 saturated heterocycles. The molecule has 0 fully saturated rings. The van der Waals surface area contributed by atoms with Gasteiger partial charge in [-0.1, -0.05) is 177 Å². The SMILES string of the molecule is CC/C=C\C/C=C\C/C=C\C/C=C\C/C=C\C/C=C\CCCCCOCC(COP(=O)(O)OCC[N+](C)(C)C)OC(=O)CCCCCCCCCCCCCCCC. The van der Waals surface area contributed by atoms with Crippen molar-refractivity contribution in [3.63, 3.8) is 0 Å². The van der Waals surface area contributed by atoms with Gasteiger partial charge in [-0.3, -0.25) is 13.8 Å². The number of phosphoric acid groups is 1. The number of nitrogens with zero attached hydrogens (tertiary/aromatic N) is 1. The van der Waals surface area contributed by atoms with E-state index in [2.05, 4.69) is 86.8 Å². The fourth-order valence-corrected chi connectivity index (χ4v) is 6.71. The minimum atomic E-state index is -4.29. The molecule has 0 aliphatic rings. The van der Waals surface area contributed by atoms with Crippen molar-refractivity contribution in [3.05, 3.63) is 72.9 Å². The van der Waals surface area contributed by atoms with Crippen LogP contribution in [-0.4, -0.2) is 75.6 Å². The molecule has 2 atom stereocenters. The van der Waals surface area contributed by atoms with Gasteiger partial charge in [-0.25, -0.2) is 4.57 Å². The highest BCUT2D eigenvalue weighted by molar-refractivity contribution is 7.47. The van der Waals surface area contributed by atoms with Crippen LogP contribution in [0.4, 0.5) is 0 Å². The van der Waals surface area contributed by atoms with Gasteiger partial charge in [-0.15, -0.1) is 0 Å². The molecular weight excluding hydrogens is 746 g/mol. The summed E-state index contributed by atoms with van der Waals surface area (Å²) in [6.07, 6.45) is 53.7. The topological polar surface area (TPSA) is 91.3 Å². The van der Waals surface area contributed by atoms with E-state index in [-0.39, 0.29) is 25.8 Å². The molecule has 1 N–H and O–H groups in total. The predicted molar refractivity (Wildman–Crippen MR) is 247 cm³/mol. The summed E-state index contributed by atoms with van der Waals surface area (Å²) in [5.74, 6) is -0.328. The number of allylic oxidation sites excluding steroid dienone is 12. The van der Waals surface area contributed by atoms with Gasteiger partial charge < -0.3 is 18.9 Å². The van der Waals surface area contributed by atoms with Crippen molar-refractivity contribution in [3.8, 4) is 0 Å². The summed E-state index contributed by atoms with van der Waals surface area (Å²) >= 11 is 0. The van der Waals surface area contributed by atoms with E-state index in [9.17, 15) is 14.3 Å². The number of unbranched alkanes of at least 4 members (excludes halogenated alkanes) is 16. The molecule has 0 radical (unpaired) electrons. The van der Waals surface area contributed by atoms with Crippen LogP contribution >= 0.6 is 7.82 Å². The molecule has 0 spiro atoms. The van der Waals surface area contributed by atoms with E-state index in [1.807, 2.05) is 21.1 Å². The van der Waals surface area contributed by atoms with Gasteiger partial charge in [0.05, 0.1) is 34.4 Å². The number of hydrogen-bond acceptors (Lipinski definition) is 6. The Morgan fingerprint density at radius 1 is 0.552 bits per heavy atom. The maximum absolute atomic E-state index is 12.7. The van der Waals surface area contributed by atoms with Crippen LogP contribution in [0.15, 0.2) is 72.9 Å². The van der Waals surface area contributed by atoms with E-state index in [0.29, 0.717) is 24.1 Å². The monoisotopic (exact) mass is 835 g/mol. The summed E-state index contributed by atoms with van der Waals surface area (Å²) in [4.78, 5) is 22.9. The molecule has 2 unspecified atom stereocenters. The third-order valence-corrected chi connectivity index (χ3v) is 10.5. The first-order valence-electron chi connectivity index (χ1n) is 23.2. The first-order chi connectivity index (χ1) is 28.1. The van der Waals surface area contributed by atoms with Gasteiger partial charge in [0.2, 0.25) is 0 Å². The van der Waals surface area contributed by atoms with Crippen LogP contribution in [0.2, 0.25) is 0 Å². The lowest BCUT2D eigenvalue weighted by atomic mass is 10.0. The van der Waals surface area contributed by atoms with E-state index >= 15 is 0 Å². The molecule has 0 heterocycles. The molecule has 0 rings (SSSR count). The number of quaternary nitrogens is 1. The van der Waals surface area contributed by atoms with Gasteiger partial charge in [0.25, 0.3) is 0 Å². The Morgan fingerprint density at radius 2 is 1.00 bits per heavy atom. The second-order valence-corrected chi connectivity index (χ2v) is 17.9. The summed E-state index contributed by atoms with van der Waals surface area (Å²) in [7, 11) is 1.64. The van der Waals surface area contributed by atoms with Gasteiger partial charge in [-0.05, 0) is 64.2 Å². The third-order valence-electron chi connectivity index (χ3n) is 9.53. The predicted octanol–water partition coefficient (Wildman–Crippen LogP) is 13.9. The quantitative estimate of drug-likeness (QED) is 0.0215. The Balaban J connectivity index is 4.28. The number of ether oxygens (including phenoxy) is 2. The molecule has 0 aliphatic heterocycles. The molecule has 8 nitrogen and oxygen atoms in total. The molecule has 0 aromatic heterocycles. The zero-order valence-electron chi connectivity index (χ0n) is 38.0. The molecule has 0 aliphatic carbocycles. The first kappa shape index (κ1) is 55.9. The van der Waals surface area contributed by atoms with Crippen molar-refractivity contribution in [2.75, 3.05) is 54.1 Å². The molecule has 0 amide bonds. The van der Waals surface area contributed by atoms with Crippen LogP contribution in [0, 0.1) is 0 Å². The molecule has 336 valence electrons. The largest absolute Gasteiger partial charge is 0.472 e. The number of carbonyl (C=O) groups is 1. The van der Waals surface area contributed by atoms with E-state index in [4.69, 9.17) is 18.5 Å². The fraction of sp³-hybridized carbons (Fsp3) is 0.735. The lowest BCUT2D eigenvalue weighted by molar-refractivity contribution is -0.870. The van der Waals surface area contributed by atoms with Crippen LogP contribution in [0.25, 0.3) is 0 Å². The molecule has 0 aromatic rings. The summed E-state index contributed by atoms with van der Waals surface area (Å²) in [5.41, 5.74) is 0. The van der Waals surface area contributed by atoms with Crippen LogP contribution < -0.4 is 0 Å². The first-order valence-corrected chi connectivity index (χ1v) is 24.7. The van der Waals surface area contributed by atoms with E-state index in [1.165, 1.54) is 70.6 Å². The number of carbonyl (C=O) groups excluding carboxylic acids is 1. The summed E-state index contributed by atoms with van der Waals surface area (Å²) in [5, 5.41) is 0. The Hall–Kier alpha value is -2.06. The highest BCUT2D eigenvalue weighted by Crippen LogP contribution is 2.43. The normalized spacial score (nSPS) is 14.4. The van der Waals surface area contributed by atoms with E-state index in [0.717, 1.165) is 83.5 Å². The lowest BCUT2D eigenvalue weighted by Gasteiger charge is -2.24. The Morgan fingerprint density at radius 3 is 1.48 bits per heavy atom. The van der Waals surface area contributed by atoms with Crippen molar-refractivity contribution < 1.29 is 37.3 Å². The Kier molecular flexibility index (Phi) is 40.2. The van der Waals surface area contributed by atoms with Crippen molar-refractivity contribution >= 4 is 13.8 Å². The van der Waals surface area contributed by atoms with Crippen molar-refractivity contribution in [2.45, 2.75) is 180 Å². The van der Waals surface area contributed by atoms with Crippen LogP contribution in [0.3, 0.4) is 0 Å². The standard InChI is InChI=1S/C49H88NO7P/c1-6-8-10-12-14-16-18-20-22-23-24-25-26-27-28-29-31-33-35-37-39-41-44-54-46-48(47-56-58(52,53)55-45-43-50(3,4)5)57-49(51)42-40-38-36-34-32-30-21-19-17-15-13-11-9-7-2/h8,10,14,16,20,22,24-25,27-28,31,33,48H,6-7,9,11-13,15,17-19,21,23,26,29-30,32,34-47H2,1-5H3/p+1/b10-8-,16-14-,22-20-,25-24-,28-27-,33-31-. The van der Waals surface area contributed by atoms with Gasteiger partial charge >= 0.3 is 13.8 Å². The molecule has 0 bridgehead atoms. The van der Waals surface area contributed by atoms with E-state index < -0.39 is 13.9 Å². The molecule has 0 aromatic carbocycles. The zero-order valence-corrected chi connectivity index (χ0v) is 38.9. The summed E-state index contributed by atoms with van der Waals surface area (Å²) in [6, 6.07) is 0. The van der Waals surface area contributed by atoms with Crippen molar-refractivity contribution in [2.24, 2.45) is 0 Å². The molecule has 0 saturated carbocycles. The Bertz CT molecular complexity index is 1150. The number of rotatable bonds is 42. The summed E-state index contributed by atoms with van der Waals surface area (Å²) < 4.78 is 35.0. The maximum atomic E-state index is 12.7. The molecule has 58 heavy (non-hydrogen) atoms. The minimum absolute atomic E-state index is 0.0793. The minimum Gasteiger partial charge on any atom is -0.457 e. The smallest absolute Gasteiger partial charge is 0.457 e. The van der Waals surface area contributed by atoms with Crippen LogP contribution in [0.1, 0.15) is 174 Å². The molecule has 9 heteroatoms. The lowest BCUT2D eigenvalue weighted by Crippen LogP contribution is -2.37. The van der Waals surface area contributed by atoms with Gasteiger partial charge in [0, 0.05) is 13.0 Å². The van der Waals surface area contributed by atoms with Crippen LogP contribution in [-0.2, 0) is 27.9 Å². The second-order valence-electron chi connectivity index (χ2n) is 16.4. The number of esters is 1. The van der Waals surface area contributed by atoms with Crippen LogP contribution in [0.5, 0.6) is 0 Å². The van der Waals surface area contributed by atoms with Gasteiger partial charge in [0.1, 0.15) is 19.3 Å². The van der Waals surface area contributed by atoms with E-state index in [1.54, 1.807) is 0 Å². The Labute approximate surface area is 357 Å². The molecular formula is C49H89NO7P+. The average Bonchev–Trinajstić information content (AvgIpc) is 3.18. The highest BCUT2D eigenvalue weighted by atomic mass is 31.2. The van der Waals surface area contributed by atoms with Gasteiger partial charge in [0.15, 0.2) is 0 Å². The number of likely N-dealkylation sites (N-methyl/N-ethyl adjacent to an activating group) is 1. The van der Waals surface area contributed by atoms with Crippen molar-refractivity contribution in [1.82, 2.24) is 0 Å². The average molecular weight is 835 g/mol. The highest BCUT2D eigenvalue weighted by Gasteiger charge is 2.26. The summed E-state index contributed by atoms with van der Waals surface area (Å²) in [6.45, 7) is 5.42. The van der Waals surface area contributed by atoms with Crippen molar-refractivity contribution in [1.29, 1.82) is 0 Å².